The Hall–Kier alpha value is -2.71. The first kappa shape index (κ1) is 19.1. The van der Waals surface area contributed by atoms with E-state index in [4.69, 9.17) is 15.2 Å². The standard InChI is InChI=1S/C19H19N3O3S2/c1-24-16-7-6-12(8-17(16)25-2)15-10-27-19(21-15)22-18(23)11-26-14-5-3-4-13(20)9-14/h3-10H,11,20H2,1-2H3,(H,21,22,23). The number of ether oxygens (including phenoxy) is 2. The van der Waals surface area contributed by atoms with Crippen LogP contribution >= 0.6 is 23.1 Å². The number of carbonyl (C=O) groups is 1. The molecule has 0 unspecified atom stereocenters. The van der Waals surface area contributed by atoms with Gasteiger partial charge >= 0.3 is 0 Å². The lowest BCUT2D eigenvalue weighted by Gasteiger charge is -2.08. The molecule has 3 aromatic rings. The number of nitrogens with one attached hydrogen (secondary N) is 1. The third kappa shape index (κ3) is 4.93. The SMILES string of the molecule is COc1ccc(-c2csc(NC(=O)CSc3cccc(N)c3)n2)cc1OC. The molecule has 0 spiro atoms. The second-order valence-corrected chi connectivity index (χ2v) is 7.42. The molecule has 1 heterocycles. The Morgan fingerprint density at radius 1 is 1.19 bits per heavy atom. The van der Waals surface area contributed by atoms with Crippen LogP contribution in [0.4, 0.5) is 10.8 Å². The Bertz CT molecular complexity index is 943. The Morgan fingerprint density at radius 2 is 2.00 bits per heavy atom. The number of thiazole rings is 1. The summed E-state index contributed by atoms with van der Waals surface area (Å²) in [5.41, 5.74) is 8.08. The first-order chi connectivity index (χ1) is 13.1. The van der Waals surface area contributed by atoms with Crippen LogP contribution in [0.1, 0.15) is 0 Å². The molecule has 1 amide bonds. The Labute approximate surface area is 165 Å². The summed E-state index contributed by atoms with van der Waals surface area (Å²) < 4.78 is 10.6. The monoisotopic (exact) mass is 401 g/mol. The van der Waals surface area contributed by atoms with Crippen molar-refractivity contribution in [1.82, 2.24) is 4.98 Å². The van der Waals surface area contributed by atoms with E-state index in [1.165, 1.54) is 23.1 Å². The molecule has 0 radical (unpaired) electrons. The number of hydrogen-bond acceptors (Lipinski definition) is 7. The molecule has 0 fully saturated rings. The number of rotatable bonds is 7. The van der Waals surface area contributed by atoms with Crippen LogP contribution in [0.2, 0.25) is 0 Å². The minimum absolute atomic E-state index is 0.115. The lowest BCUT2D eigenvalue weighted by Crippen LogP contribution is -2.13. The fourth-order valence-electron chi connectivity index (χ4n) is 2.37. The first-order valence-electron chi connectivity index (χ1n) is 8.05. The van der Waals surface area contributed by atoms with E-state index in [1.54, 1.807) is 14.2 Å². The van der Waals surface area contributed by atoms with Gasteiger partial charge in [-0.3, -0.25) is 4.79 Å². The number of hydrogen-bond donors (Lipinski definition) is 2. The largest absolute Gasteiger partial charge is 0.493 e. The summed E-state index contributed by atoms with van der Waals surface area (Å²) in [7, 11) is 3.18. The van der Waals surface area contributed by atoms with Gasteiger partial charge < -0.3 is 20.5 Å². The quantitative estimate of drug-likeness (QED) is 0.457. The van der Waals surface area contributed by atoms with Crippen molar-refractivity contribution in [2.45, 2.75) is 4.90 Å². The van der Waals surface area contributed by atoms with Crippen LogP contribution in [0.3, 0.4) is 0 Å². The summed E-state index contributed by atoms with van der Waals surface area (Å²) in [4.78, 5) is 17.6. The molecule has 0 saturated heterocycles. The molecule has 8 heteroatoms. The van der Waals surface area contributed by atoms with Gasteiger partial charge in [0.1, 0.15) is 0 Å². The minimum atomic E-state index is -0.115. The van der Waals surface area contributed by atoms with Gasteiger partial charge in [-0.25, -0.2) is 4.98 Å². The number of benzene rings is 2. The van der Waals surface area contributed by atoms with Crippen LogP contribution in [0.5, 0.6) is 11.5 Å². The average Bonchev–Trinajstić information content (AvgIpc) is 3.14. The van der Waals surface area contributed by atoms with Gasteiger partial charge in [-0.15, -0.1) is 23.1 Å². The highest BCUT2D eigenvalue weighted by atomic mass is 32.2. The molecule has 1 aromatic heterocycles. The number of nitrogens with two attached hydrogens (primary N) is 1. The molecule has 6 nitrogen and oxygen atoms in total. The van der Waals surface area contributed by atoms with Gasteiger partial charge in [0.05, 0.1) is 25.7 Å². The zero-order valence-electron chi connectivity index (χ0n) is 14.9. The highest BCUT2D eigenvalue weighted by molar-refractivity contribution is 8.00. The number of nitrogen functional groups attached to an aromatic ring is 1. The Morgan fingerprint density at radius 3 is 2.74 bits per heavy atom. The number of anilines is 2. The fourth-order valence-corrected chi connectivity index (χ4v) is 3.87. The van der Waals surface area contributed by atoms with Crippen LogP contribution in [-0.4, -0.2) is 30.9 Å². The van der Waals surface area contributed by atoms with Gasteiger partial charge in [-0.05, 0) is 36.4 Å². The molecule has 0 aliphatic rings. The molecule has 27 heavy (non-hydrogen) atoms. The molecule has 3 N–H and O–H groups in total. The maximum absolute atomic E-state index is 12.2. The lowest BCUT2D eigenvalue weighted by molar-refractivity contribution is -0.113. The maximum Gasteiger partial charge on any atom is 0.236 e. The zero-order valence-corrected chi connectivity index (χ0v) is 16.5. The number of amides is 1. The van der Waals surface area contributed by atoms with Crippen LogP contribution < -0.4 is 20.5 Å². The summed E-state index contributed by atoms with van der Waals surface area (Å²) >= 11 is 2.80. The third-order valence-corrected chi connectivity index (χ3v) is 5.41. The molecule has 3 rings (SSSR count). The van der Waals surface area contributed by atoms with E-state index in [2.05, 4.69) is 10.3 Å². The summed E-state index contributed by atoms with van der Waals surface area (Å²) in [6.45, 7) is 0. The van der Waals surface area contributed by atoms with Crippen molar-refractivity contribution >= 4 is 39.8 Å². The molecule has 0 aliphatic heterocycles. The maximum atomic E-state index is 12.2. The number of nitrogens with zero attached hydrogens (tertiary/aromatic N) is 1. The van der Waals surface area contributed by atoms with Crippen LogP contribution in [0.25, 0.3) is 11.3 Å². The van der Waals surface area contributed by atoms with Crippen molar-refractivity contribution < 1.29 is 14.3 Å². The molecule has 0 saturated carbocycles. The molecule has 140 valence electrons. The lowest BCUT2D eigenvalue weighted by atomic mass is 10.1. The average molecular weight is 402 g/mol. The van der Waals surface area contributed by atoms with Gasteiger partial charge in [0.25, 0.3) is 0 Å². The highest BCUT2D eigenvalue weighted by Gasteiger charge is 2.11. The number of methoxy groups -OCH3 is 2. The molecule has 0 aliphatic carbocycles. The van der Waals surface area contributed by atoms with Gasteiger partial charge in [-0.2, -0.15) is 0 Å². The van der Waals surface area contributed by atoms with E-state index < -0.39 is 0 Å². The normalized spacial score (nSPS) is 10.4. The van der Waals surface area contributed by atoms with E-state index in [-0.39, 0.29) is 11.7 Å². The van der Waals surface area contributed by atoms with Crippen molar-refractivity contribution in [3.8, 4) is 22.8 Å². The Balaban J connectivity index is 1.63. The van der Waals surface area contributed by atoms with Gasteiger partial charge in [0.15, 0.2) is 16.6 Å². The molecular formula is C19H19N3O3S2. The van der Waals surface area contributed by atoms with Crippen molar-refractivity contribution in [3.63, 3.8) is 0 Å². The number of aromatic nitrogens is 1. The highest BCUT2D eigenvalue weighted by Crippen LogP contribution is 2.33. The molecular weight excluding hydrogens is 382 g/mol. The van der Waals surface area contributed by atoms with Crippen LogP contribution in [-0.2, 0) is 4.79 Å². The number of carbonyl (C=O) groups excluding carboxylic acids is 1. The van der Waals surface area contributed by atoms with Gasteiger partial charge in [0, 0.05) is 21.5 Å². The van der Waals surface area contributed by atoms with Crippen molar-refractivity contribution in [3.05, 3.63) is 47.8 Å². The van der Waals surface area contributed by atoms with E-state index in [0.717, 1.165) is 16.2 Å². The zero-order chi connectivity index (χ0) is 19.2. The summed E-state index contributed by atoms with van der Waals surface area (Å²) in [6.07, 6.45) is 0. The number of thioether (sulfide) groups is 1. The smallest absolute Gasteiger partial charge is 0.236 e. The van der Waals surface area contributed by atoms with E-state index in [0.29, 0.717) is 22.3 Å². The summed E-state index contributed by atoms with van der Waals surface area (Å²) in [5.74, 6) is 1.46. The van der Waals surface area contributed by atoms with Crippen LogP contribution in [0, 0.1) is 0 Å². The second kappa shape index (κ2) is 8.79. The van der Waals surface area contributed by atoms with Crippen molar-refractivity contribution in [2.75, 3.05) is 31.0 Å². The predicted octanol–water partition coefficient (Wildman–Crippen LogP) is 4.14. The fraction of sp³-hybridized carbons (Fsp3) is 0.158. The Kier molecular flexibility index (Phi) is 6.20. The van der Waals surface area contributed by atoms with Gasteiger partial charge in [0.2, 0.25) is 5.91 Å². The summed E-state index contributed by atoms with van der Waals surface area (Å²) in [6, 6.07) is 13.0. The van der Waals surface area contributed by atoms with Crippen molar-refractivity contribution in [1.29, 1.82) is 0 Å². The molecule has 2 aromatic carbocycles. The van der Waals surface area contributed by atoms with Crippen molar-refractivity contribution in [2.24, 2.45) is 0 Å². The first-order valence-corrected chi connectivity index (χ1v) is 9.91. The van der Waals surface area contributed by atoms with E-state index >= 15 is 0 Å². The predicted molar refractivity (Wildman–Crippen MR) is 111 cm³/mol. The van der Waals surface area contributed by atoms with Crippen LogP contribution in [0.15, 0.2) is 52.7 Å². The van der Waals surface area contributed by atoms with E-state index in [1.807, 2.05) is 47.8 Å². The molecule has 0 atom stereocenters. The third-order valence-electron chi connectivity index (χ3n) is 3.66. The summed E-state index contributed by atoms with van der Waals surface area (Å²) in [5, 5.41) is 5.27. The topological polar surface area (TPSA) is 86.5 Å². The molecule has 0 bridgehead atoms. The minimum Gasteiger partial charge on any atom is -0.493 e. The van der Waals surface area contributed by atoms with E-state index in [9.17, 15) is 4.79 Å². The second-order valence-electron chi connectivity index (χ2n) is 5.52. The van der Waals surface area contributed by atoms with Gasteiger partial charge in [-0.1, -0.05) is 6.07 Å².